The van der Waals surface area contributed by atoms with E-state index in [2.05, 4.69) is 90.1 Å². The van der Waals surface area contributed by atoms with Gasteiger partial charge in [-0.25, -0.2) is 0 Å². The van der Waals surface area contributed by atoms with Crippen LogP contribution in [-0.2, 0) is 23.7 Å². The quantitative estimate of drug-likeness (QED) is 0.608. The first-order valence-corrected chi connectivity index (χ1v) is 8.86. The summed E-state index contributed by atoms with van der Waals surface area (Å²) < 4.78 is 0. The monoisotopic (exact) mass is 308 g/mol. The normalized spacial score (nSPS) is 12.4. The van der Waals surface area contributed by atoms with Crippen LogP contribution in [0.3, 0.4) is 0 Å². The Labute approximate surface area is 143 Å². The molecule has 0 heteroatoms. The predicted octanol–water partition coefficient (Wildman–Crippen LogP) is 6.46. The molecule has 0 amide bonds. The van der Waals surface area contributed by atoms with Gasteiger partial charge < -0.3 is 0 Å². The minimum atomic E-state index is 0.207. The van der Waals surface area contributed by atoms with E-state index in [4.69, 9.17) is 0 Å². The molecule has 2 aromatic carbocycles. The van der Waals surface area contributed by atoms with Crippen molar-refractivity contribution >= 4 is 0 Å². The standard InChI is InChI=1S/C23H32/c1-22(2,3)20-15-16-21(23(4,5)6)19(17-20)14-10-13-18-11-8-7-9-12-18/h7-9,11-12,15-17H,10,13-14H2,1-6H3. The average molecular weight is 309 g/mol. The van der Waals surface area contributed by atoms with Crippen LogP contribution in [0.15, 0.2) is 48.5 Å². The van der Waals surface area contributed by atoms with E-state index in [1.54, 1.807) is 0 Å². The van der Waals surface area contributed by atoms with Crippen molar-refractivity contribution in [3.05, 3.63) is 70.8 Å². The third kappa shape index (κ3) is 4.96. The summed E-state index contributed by atoms with van der Waals surface area (Å²) in [5, 5.41) is 0. The lowest BCUT2D eigenvalue weighted by Crippen LogP contribution is -2.17. The SMILES string of the molecule is CC(C)(C)c1ccc(C(C)(C)C)c(CCCc2ccccc2)c1. The third-order valence-electron chi connectivity index (χ3n) is 4.53. The van der Waals surface area contributed by atoms with Gasteiger partial charge in [0.2, 0.25) is 0 Å². The number of rotatable bonds is 4. The van der Waals surface area contributed by atoms with Crippen LogP contribution in [-0.4, -0.2) is 0 Å². The minimum absolute atomic E-state index is 0.207. The molecule has 0 aliphatic heterocycles. The molecule has 0 fully saturated rings. The van der Waals surface area contributed by atoms with Gasteiger partial charge in [-0.1, -0.05) is 90.1 Å². The Morgan fingerprint density at radius 1 is 0.696 bits per heavy atom. The van der Waals surface area contributed by atoms with Crippen LogP contribution in [0.4, 0.5) is 0 Å². The van der Waals surface area contributed by atoms with Crippen molar-refractivity contribution in [3.63, 3.8) is 0 Å². The summed E-state index contributed by atoms with van der Waals surface area (Å²) in [7, 11) is 0. The molecule has 0 heterocycles. The molecule has 0 saturated carbocycles. The highest BCUT2D eigenvalue weighted by atomic mass is 14.3. The van der Waals surface area contributed by atoms with Crippen LogP contribution in [0.2, 0.25) is 0 Å². The molecule has 0 atom stereocenters. The fourth-order valence-electron chi connectivity index (χ4n) is 3.13. The zero-order valence-corrected chi connectivity index (χ0v) is 15.7. The molecule has 0 aromatic heterocycles. The highest BCUT2D eigenvalue weighted by molar-refractivity contribution is 5.39. The highest BCUT2D eigenvalue weighted by Crippen LogP contribution is 2.31. The van der Waals surface area contributed by atoms with Gasteiger partial charge in [0, 0.05) is 0 Å². The van der Waals surface area contributed by atoms with Gasteiger partial charge in [0.05, 0.1) is 0 Å². The molecule has 0 unspecified atom stereocenters. The zero-order chi connectivity index (χ0) is 17.1. The van der Waals surface area contributed by atoms with E-state index in [1.807, 2.05) is 0 Å². The summed E-state index contributed by atoms with van der Waals surface area (Å²) in [6.45, 7) is 13.9. The molecular weight excluding hydrogens is 276 g/mol. The largest absolute Gasteiger partial charge is 0.0622 e. The van der Waals surface area contributed by atoms with Crippen molar-refractivity contribution < 1.29 is 0 Å². The topological polar surface area (TPSA) is 0 Å². The van der Waals surface area contributed by atoms with Crippen molar-refractivity contribution in [2.24, 2.45) is 0 Å². The second-order valence-electron chi connectivity index (χ2n) is 8.71. The highest BCUT2D eigenvalue weighted by Gasteiger charge is 2.21. The molecule has 0 saturated heterocycles. The molecule has 2 aromatic rings. The van der Waals surface area contributed by atoms with Crippen LogP contribution in [0.5, 0.6) is 0 Å². The van der Waals surface area contributed by atoms with Crippen molar-refractivity contribution in [2.75, 3.05) is 0 Å². The Bertz CT molecular complexity index is 621. The second kappa shape index (κ2) is 6.91. The van der Waals surface area contributed by atoms with Crippen molar-refractivity contribution in [1.29, 1.82) is 0 Å². The number of benzene rings is 2. The summed E-state index contributed by atoms with van der Waals surface area (Å²) in [4.78, 5) is 0. The summed E-state index contributed by atoms with van der Waals surface area (Å²) in [6, 6.07) is 18.0. The Balaban J connectivity index is 2.20. The van der Waals surface area contributed by atoms with E-state index < -0.39 is 0 Å². The summed E-state index contributed by atoms with van der Waals surface area (Å²) in [5.74, 6) is 0. The maximum Gasteiger partial charge on any atom is -0.0129 e. The Hall–Kier alpha value is -1.56. The maximum absolute atomic E-state index is 2.45. The Kier molecular flexibility index (Phi) is 5.34. The van der Waals surface area contributed by atoms with Crippen LogP contribution in [0.25, 0.3) is 0 Å². The van der Waals surface area contributed by atoms with Gasteiger partial charge in [-0.15, -0.1) is 0 Å². The first-order chi connectivity index (χ1) is 10.7. The molecule has 0 N–H and O–H groups in total. The van der Waals surface area contributed by atoms with E-state index in [-0.39, 0.29) is 10.8 Å². The lowest BCUT2D eigenvalue weighted by atomic mass is 9.78. The number of hydrogen-bond acceptors (Lipinski definition) is 0. The minimum Gasteiger partial charge on any atom is -0.0622 e. The van der Waals surface area contributed by atoms with E-state index >= 15 is 0 Å². The summed E-state index contributed by atoms with van der Waals surface area (Å²) in [5.41, 5.74) is 6.33. The van der Waals surface area contributed by atoms with Crippen molar-refractivity contribution in [2.45, 2.75) is 71.6 Å². The van der Waals surface area contributed by atoms with Gasteiger partial charge in [0.25, 0.3) is 0 Å². The average Bonchev–Trinajstić information content (AvgIpc) is 2.46. The molecule has 0 aliphatic rings. The third-order valence-corrected chi connectivity index (χ3v) is 4.53. The molecular formula is C23H32. The zero-order valence-electron chi connectivity index (χ0n) is 15.7. The molecule has 2 rings (SSSR count). The first-order valence-electron chi connectivity index (χ1n) is 8.86. The first kappa shape index (κ1) is 17.8. The Morgan fingerprint density at radius 3 is 1.91 bits per heavy atom. The predicted molar refractivity (Wildman–Crippen MR) is 102 cm³/mol. The molecule has 23 heavy (non-hydrogen) atoms. The van der Waals surface area contributed by atoms with Crippen LogP contribution < -0.4 is 0 Å². The Morgan fingerprint density at radius 2 is 1.35 bits per heavy atom. The van der Waals surface area contributed by atoms with Gasteiger partial charge >= 0.3 is 0 Å². The van der Waals surface area contributed by atoms with Crippen LogP contribution in [0, 0.1) is 0 Å². The van der Waals surface area contributed by atoms with Crippen molar-refractivity contribution in [3.8, 4) is 0 Å². The number of aryl methyl sites for hydroxylation is 2. The van der Waals surface area contributed by atoms with E-state index in [9.17, 15) is 0 Å². The lowest BCUT2D eigenvalue weighted by Gasteiger charge is -2.27. The molecule has 0 spiro atoms. The number of hydrogen-bond donors (Lipinski definition) is 0. The van der Waals surface area contributed by atoms with Crippen LogP contribution in [0.1, 0.15) is 70.2 Å². The van der Waals surface area contributed by atoms with Crippen molar-refractivity contribution in [1.82, 2.24) is 0 Å². The van der Waals surface area contributed by atoms with Gasteiger partial charge in [-0.2, -0.15) is 0 Å². The van der Waals surface area contributed by atoms with E-state index in [1.165, 1.54) is 28.7 Å². The fourth-order valence-corrected chi connectivity index (χ4v) is 3.13. The maximum atomic E-state index is 2.45. The van der Waals surface area contributed by atoms with Gasteiger partial charge in [0.1, 0.15) is 0 Å². The van der Waals surface area contributed by atoms with Crippen LogP contribution >= 0.6 is 0 Å². The van der Waals surface area contributed by atoms with Gasteiger partial charge in [-0.05, 0) is 52.3 Å². The fraction of sp³-hybridized carbons (Fsp3) is 0.478. The molecule has 0 aliphatic carbocycles. The van der Waals surface area contributed by atoms with E-state index in [0.717, 1.165) is 12.8 Å². The smallest absolute Gasteiger partial charge is 0.0129 e. The molecule has 0 radical (unpaired) electrons. The molecule has 0 nitrogen and oxygen atoms in total. The van der Waals surface area contributed by atoms with E-state index in [0.29, 0.717) is 0 Å². The van der Waals surface area contributed by atoms with Gasteiger partial charge in [-0.3, -0.25) is 0 Å². The molecule has 0 bridgehead atoms. The summed E-state index contributed by atoms with van der Waals surface area (Å²) in [6.07, 6.45) is 3.52. The molecule has 124 valence electrons. The summed E-state index contributed by atoms with van der Waals surface area (Å²) >= 11 is 0. The van der Waals surface area contributed by atoms with Gasteiger partial charge in [0.15, 0.2) is 0 Å². The second-order valence-corrected chi connectivity index (χ2v) is 8.71. The lowest BCUT2D eigenvalue weighted by molar-refractivity contribution is 0.568.